The third kappa shape index (κ3) is 3.36. The standard InChI is InChI=1S/C15H15BO5/c17-16(18)13-4-1-11(2-5-13)8-19-9-12-3-6-14-15(7-12)21-10-20-14/h1-7,17-18H,8-10H2. The van der Waals surface area contributed by atoms with Crippen LogP contribution in [0.1, 0.15) is 11.1 Å². The molecule has 21 heavy (non-hydrogen) atoms. The second-order valence-electron chi connectivity index (χ2n) is 4.80. The van der Waals surface area contributed by atoms with E-state index in [1.165, 1.54) is 0 Å². The Kier molecular flexibility index (Phi) is 4.10. The van der Waals surface area contributed by atoms with Crippen molar-refractivity contribution in [2.75, 3.05) is 6.79 Å². The molecule has 0 amide bonds. The first-order valence-electron chi connectivity index (χ1n) is 6.63. The van der Waals surface area contributed by atoms with Crippen molar-refractivity contribution in [2.45, 2.75) is 13.2 Å². The lowest BCUT2D eigenvalue weighted by Crippen LogP contribution is -2.29. The van der Waals surface area contributed by atoms with Crippen LogP contribution in [0.5, 0.6) is 11.5 Å². The van der Waals surface area contributed by atoms with Gasteiger partial charge in [-0.25, -0.2) is 0 Å². The van der Waals surface area contributed by atoms with Crippen LogP contribution in [0.15, 0.2) is 42.5 Å². The molecule has 0 bridgehead atoms. The molecule has 0 spiro atoms. The summed E-state index contributed by atoms with van der Waals surface area (Å²) >= 11 is 0. The fraction of sp³-hybridized carbons (Fsp3) is 0.200. The topological polar surface area (TPSA) is 68.2 Å². The first kappa shape index (κ1) is 13.9. The lowest BCUT2D eigenvalue weighted by Gasteiger charge is -2.06. The van der Waals surface area contributed by atoms with Gasteiger partial charge in [0.1, 0.15) is 0 Å². The largest absolute Gasteiger partial charge is 0.488 e. The molecular weight excluding hydrogens is 271 g/mol. The SMILES string of the molecule is OB(O)c1ccc(COCc2ccc3c(c2)OCO3)cc1. The molecule has 0 fully saturated rings. The fourth-order valence-corrected chi connectivity index (χ4v) is 2.10. The van der Waals surface area contributed by atoms with Gasteiger partial charge in [-0.05, 0) is 28.7 Å². The summed E-state index contributed by atoms with van der Waals surface area (Å²) in [5, 5.41) is 18.0. The summed E-state index contributed by atoms with van der Waals surface area (Å²) in [6, 6.07) is 12.7. The van der Waals surface area contributed by atoms with E-state index in [1.807, 2.05) is 30.3 Å². The van der Waals surface area contributed by atoms with Crippen LogP contribution in [-0.2, 0) is 18.0 Å². The van der Waals surface area contributed by atoms with Gasteiger partial charge >= 0.3 is 7.12 Å². The molecule has 2 aromatic carbocycles. The predicted molar refractivity (Wildman–Crippen MR) is 77.3 cm³/mol. The molecule has 0 atom stereocenters. The average Bonchev–Trinajstić information content (AvgIpc) is 2.95. The van der Waals surface area contributed by atoms with Crippen molar-refractivity contribution in [3.8, 4) is 11.5 Å². The van der Waals surface area contributed by atoms with Crippen molar-refractivity contribution < 1.29 is 24.3 Å². The first-order valence-corrected chi connectivity index (χ1v) is 6.63. The highest BCUT2D eigenvalue weighted by atomic mass is 16.7. The van der Waals surface area contributed by atoms with E-state index in [2.05, 4.69) is 0 Å². The summed E-state index contributed by atoms with van der Waals surface area (Å²) in [4.78, 5) is 0. The molecule has 1 heterocycles. The number of hydrogen-bond donors (Lipinski definition) is 2. The van der Waals surface area contributed by atoms with E-state index in [4.69, 9.17) is 24.3 Å². The molecule has 6 heteroatoms. The van der Waals surface area contributed by atoms with E-state index >= 15 is 0 Å². The molecule has 0 aromatic heterocycles. The van der Waals surface area contributed by atoms with Crippen LogP contribution >= 0.6 is 0 Å². The zero-order valence-corrected chi connectivity index (χ0v) is 11.4. The van der Waals surface area contributed by atoms with Gasteiger partial charge in [0.2, 0.25) is 6.79 Å². The molecule has 1 aliphatic rings. The van der Waals surface area contributed by atoms with Gasteiger partial charge in [-0.2, -0.15) is 0 Å². The quantitative estimate of drug-likeness (QED) is 0.796. The minimum absolute atomic E-state index is 0.267. The number of rotatable bonds is 5. The molecule has 0 aliphatic carbocycles. The predicted octanol–water partition coefficient (Wildman–Crippen LogP) is 0.812. The Morgan fingerprint density at radius 2 is 1.57 bits per heavy atom. The van der Waals surface area contributed by atoms with Crippen LogP contribution < -0.4 is 14.9 Å². The minimum Gasteiger partial charge on any atom is -0.454 e. The lowest BCUT2D eigenvalue weighted by atomic mass is 9.80. The van der Waals surface area contributed by atoms with E-state index in [-0.39, 0.29) is 6.79 Å². The maximum atomic E-state index is 9.02. The van der Waals surface area contributed by atoms with Crippen LogP contribution in [0.2, 0.25) is 0 Å². The Morgan fingerprint density at radius 3 is 2.33 bits per heavy atom. The van der Waals surface area contributed by atoms with E-state index in [1.54, 1.807) is 12.1 Å². The van der Waals surface area contributed by atoms with Crippen molar-refractivity contribution in [2.24, 2.45) is 0 Å². The second-order valence-corrected chi connectivity index (χ2v) is 4.80. The Hall–Kier alpha value is -2.02. The van der Waals surface area contributed by atoms with Crippen LogP contribution in [0, 0.1) is 0 Å². The maximum absolute atomic E-state index is 9.02. The number of fused-ring (bicyclic) bond motifs is 1. The molecule has 2 N–H and O–H groups in total. The van der Waals surface area contributed by atoms with Crippen LogP contribution in [0.25, 0.3) is 0 Å². The fourth-order valence-electron chi connectivity index (χ4n) is 2.10. The zero-order valence-electron chi connectivity index (χ0n) is 11.4. The molecule has 2 aromatic rings. The van der Waals surface area contributed by atoms with Crippen molar-refractivity contribution >= 4 is 12.6 Å². The van der Waals surface area contributed by atoms with Gasteiger partial charge in [-0.1, -0.05) is 30.3 Å². The van der Waals surface area contributed by atoms with Crippen molar-refractivity contribution in [1.82, 2.24) is 0 Å². The Balaban J connectivity index is 1.54. The summed E-state index contributed by atoms with van der Waals surface area (Å²) in [5.41, 5.74) is 2.45. The van der Waals surface area contributed by atoms with Gasteiger partial charge in [0.05, 0.1) is 13.2 Å². The highest BCUT2D eigenvalue weighted by Crippen LogP contribution is 2.32. The molecule has 0 unspecified atom stereocenters. The minimum atomic E-state index is -1.44. The monoisotopic (exact) mass is 286 g/mol. The summed E-state index contributed by atoms with van der Waals surface area (Å²) in [7, 11) is -1.44. The van der Waals surface area contributed by atoms with Gasteiger partial charge in [-0.15, -0.1) is 0 Å². The third-order valence-electron chi connectivity index (χ3n) is 3.25. The molecular formula is C15H15BO5. The Bertz CT molecular complexity index is 612. The van der Waals surface area contributed by atoms with Gasteiger partial charge in [0.15, 0.2) is 11.5 Å². The summed E-state index contributed by atoms with van der Waals surface area (Å²) < 4.78 is 16.2. The van der Waals surface area contributed by atoms with E-state index in [0.717, 1.165) is 22.6 Å². The maximum Gasteiger partial charge on any atom is 0.488 e. The average molecular weight is 286 g/mol. The van der Waals surface area contributed by atoms with Gasteiger partial charge in [-0.3, -0.25) is 0 Å². The van der Waals surface area contributed by atoms with Crippen molar-refractivity contribution in [3.63, 3.8) is 0 Å². The van der Waals surface area contributed by atoms with Crippen molar-refractivity contribution in [3.05, 3.63) is 53.6 Å². The third-order valence-corrected chi connectivity index (χ3v) is 3.25. The summed E-state index contributed by atoms with van der Waals surface area (Å²) in [6.07, 6.45) is 0. The van der Waals surface area contributed by atoms with E-state index in [9.17, 15) is 0 Å². The van der Waals surface area contributed by atoms with Crippen LogP contribution in [0.4, 0.5) is 0 Å². The lowest BCUT2D eigenvalue weighted by molar-refractivity contribution is 0.107. The van der Waals surface area contributed by atoms with Gasteiger partial charge in [0.25, 0.3) is 0 Å². The molecule has 0 saturated carbocycles. The van der Waals surface area contributed by atoms with Gasteiger partial charge in [0, 0.05) is 0 Å². The number of hydrogen-bond acceptors (Lipinski definition) is 5. The zero-order chi connectivity index (χ0) is 14.7. The van der Waals surface area contributed by atoms with E-state index in [0.29, 0.717) is 18.7 Å². The first-order chi connectivity index (χ1) is 10.2. The molecule has 0 radical (unpaired) electrons. The highest BCUT2D eigenvalue weighted by Gasteiger charge is 2.13. The van der Waals surface area contributed by atoms with Crippen molar-refractivity contribution in [1.29, 1.82) is 0 Å². The smallest absolute Gasteiger partial charge is 0.454 e. The Labute approximate surface area is 122 Å². The molecule has 3 rings (SSSR count). The van der Waals surface area contributed by atoms with Crippen LogP contribution in [0.3, 0.4) is 0 Å². The van der Waals surface area contributed by atoms with Crippen LogP contribution in [-0.4, -0.2) is 24.0 Å². The molecule has 108 valence electrons. The molecule has 5 nitrogen and oxygen atoms in total. The van der Waals surface area contributed by atoms with E-state index < -0.39 is 7.12 Å². The molecule has 0 saturated heterocycles. The number of benzene rings is 2. The number of ether oxygens (including phenoxy) is 3. The highest BCUT2D eigenvalue weighted by molar-refractivity contribution is 6.58. The molecule has 1 aliphatic heterocycles. The summed E-state index contributed by atoms with van der Waals surface area (Å²) in [6.45, 7) is 1.19. The normalized spacial score (nSPS) is 12.5. The Morgan fingerprint density at radius 1 is 0.905 bits per heavy atom. The van der Waals surface area contributed by atoms with Gasteiger partial charge < -0.3 is 24.3 Å². The summed E-state index contributed by atoms with van der Waals surface area (Å²) in [5.74, 6) is 1.51. The second kappa shape index (κ2) is 6.18.